The van der Waals surface area contributed by atoms with Gasteiger partial charge in [-0.25, -0.2) is 10.4 Å². The van der Waals surface area contributed by atoms with Crippen LogP contribution >= 0.6 is 22.6 Å². The lowest BCUT2D eigenvalue weighted by atomic mass is 10.2. The lowest BCUT2D eigenvalue weighted by Crippen LogP contribution is -1.93. The molecule has 19 heavy (non-hydrogen) atoms. The fourth-order valence-corrected chi connectivity index (χ4v) is 2.28. The second-order valence-corrected chi connectivity index (χ2v) is 5.16. The lowest BCUT2D eigenvalue weighted by Gasteiger charge is -1.96. The highest BCUT2D eigenvalue weighted by Crippen LogP contribution is 2.13. The van der Waals surface area contributed by atoms with Crippen LogP contribution < -0.4 is 5.43 Å². The SMILES string of the molecule is Ic1ccccc1C=NNc1nc2ccccc2[nH]1. The highest BCUT2D eigenvalue weighted by molar-refractivity contribution is 14.1. The molecule has 94 valence electrons. The number of hydrogen-bond acceptors (Lipinski definition) is 3. The van der Waals surface area contributed by atoms with Crippen molar-refractivity contribution >= 4 is 45.8 Å². The second kappa shape index (κ2) is 5.40. The molecule has 0 amide bonds. The molecule has 0 unspecified atom stereocenters. The fraction of sp³-hybridized carbons (Fsp3) is 0. The van der Waals surface area contributed by atoms with Gasteiger partial charge >= 0.3 is 0 Å². The molecule has 0 saturated carbocycles. The van der Waals surface area contributed by atoms with Gasteiger partial charge in [0, 0.05) is 9.13 Å². The van der Waals surface area contributed by atoms with Gasteiger partial charge in [0.15, 0.2) is 0 Å². The van der Waals surface area contributed by atoms with Crippen molar-refractivity contribution in [1.29, 1.82) is 0 Å². The van der Waals surface area contributed by atoms with Crippen molar-refractivity contribution in [2.75, 3.05) is 5.43 Å². The predicted molar refractivity (Wildman–Crippen MR) is 86.5 cm³/mol. The fourth-order valence-electron chi connectivity index (χ4n) is 1.75. The van der Waals surface area contributed by atoms with Crippen LogP contribution in [-0.4, -0.2) is 16.2 Å². The van der Waals surface area contributed by atoms with E-state index in [1.54, 1.807) is 6.21 Å². The maximum atomic E-state index is 4.38. The minimum Gasteiger partial charge on any atom is -0.323 e. The average molecular weight is 362 g/mol. The highest BCUT2D eigenvalue weighted by atomic mass is 127. The molecule has 0 fully saturated rings. The van der Waals surface area contributed by atoms with E-state index < -0.39 is 0 Å². The van der Waals surface area contributed by atoms with Crippen molar-refractivity contribution in [2.45, 2.75) is 0 Å². The summed E-state index contributed by atoms with van der Waals surface area (Å²) in [6, 6.07) is 15.9. The van der Waals surface area contributed by atoms with Crippen molar-refractivity contribution in [1.82, 2.24) is 9.97 Å². The Hall–Kier alpha value is -1.89. The van der Waals surface area contributed by atoms with Crippen molar-refractivity contribution in [3.05, 3.63) is 57.7 Å². The van der Waals surface area contributed by atoms with Gasteiger partial charge in [-0.15, -0.1) is 0 Å². The van der Waals surface area contributed by atoms with Gasteiger partial charge in [-0.2, -0.15) is 5.10 Å². The van der Waals surface area contributed by atoms with Crippen LogP contribution in [0.15, 0.2) is 53.6 Å². The molecule has 0 aliphatic heterocycles. The summed E-state index contributed by atoms with van der Waals surface area (Å²) < 4.78 is 1.16. The number of H-pyrrole nitrogens is 1. The molecule has 0 radical (unpaired) electrons. The Labute approximate surface area is 124 Å². The largest absolute Gasteiger partial charge is 0.323 e. The highest BCUT2D eigenvalue weighted by Gasteiger charge is 1.99. The topological polar surface area (TPSA) is 53.1 Å². The van der Waals surface area contributed by atoms with Crippen molar-refractivity contribution in [3.8, 4) is 0 Å². The van der Waals surface area contributed by atoms with Gasteiger partial charge in [0.1, 0.15) is 0 Å². The number of benzene rings is 2. The Morgan fingerprint density at radius 2 is 1.89 bits per heavy atom. The number of halogens is 1. The van der Waals surface area contributed by atoms with Crippen LogP contribution in [0.25, 0.3) is 11.0 Å². The molecule has 0 aliphatic rings. The van der Waals surface area contributed by atoms with E-state index in [2.05, 4.69) is 43.1 Å². The Balaban J connectivity index is 1.77. The normalized spacial score (nSPS) is 11.2. The lowest BCUT2D eigenvalue weighted by molar-refractivity contribution is 1.21. The first kappa shape index (κ1) is 12.2. The smallest absolute Gasteiger partial charge is 0.222 e. The third-order valence-electron chi connectivity index (χ3n) is 2.67. The zero-order valence-corrected chi connectivity index (χ0v) is 12.1. The zero-order valence-electron chi connectivity index (χ0n) is 9.97. The number of hydrogen-bond donors (Lipinski definition) is 2. The molecule has 2 N–H and O–H groups in total. The van der Waals surface area contributed by atoms with Crippen molar-refractivity contribution in [3.63, 3.8) is 0 Å². The molecule has 3 rings (SSSR count). The first-order valence-electron chi connectivity index (χ1n) is 5.81. The van der Waals surface area contributed by atoms with Crippen LogP contribution in [0.4, 0.5) is 5.95 Å². The van der Waals surface area contributed by atoms with Crippen LogP contribution in [-0.2, 0) is 0 Å². The molecule has 0 saturated heterocycles. The first-order valence-corrected chi connectivity index (χ1v) is 6.89. The van der Waals surface area contributed by atoms with Crippen molar-refractivity contribution in [2.24, 2.45) is 5.10 Å². The third kappa shape index (κ3) is 2.76. The summed E-state index contributed by atoms with van der Waals surface area (Å²) in [5.74, 6) is 0.642. The number of aromatic nitrogens is 2. The Kier molecular flexibility index (Phi) is 3.45. The molecule has 0 spiro atoms. The molecule has 0 aliphatic carbocycles. The van der Waals surface area contributed by atoms with Gasteiger partial charge in [0.05, 0.1) is 17.2 Å². The van der Waals surface area contributed by atoms with Crippen LogP contribution in [0, 0.1) is 3.57 Å². The van der Waals surface area contributed by atoms with E-state index in [4.69, 9.17) is 0 Å². The number of hydrazone groups is 1. The van der Waals surface area contributed by atoms with Gasteiger partial charge in [0.2, 0.25) is 5.95 Å². The molecule has 0 atom stereocenters. The Morgan fingerprint density at radius 3 is 2.74 bits per heavy atom. The molecule has 3 aromatic rings. The van der Waals surface area contributed by atoms with E-state index in [1.165, 1.54) is 0 Å². The van der Waals surface area contributed by atoms with E-state index in [0.29, 0.717) is 5.95 Å². The number of fused-ring (bicyclic) bond motifs is 1. The minimum atomic E-state index is 0.642. The van der Waals surface area contributed by atoms with Crippen LogP contribution in [0.2, 0.25) is 0 Å². The standard InChI is InChI=1S/C14H11IN4/c15-11-6-2-1-5-10(11)9-16-19-14-17-12-7-3-4-8-13(12)18-14/h1-9H,(H2,17,18,19). The molecule has 5 heteroatoms. The molecule has 2 aromatic carbocycles. The van der Waals surface area contributed by atoms with Gasteiger partial charge < -0.3 is 4.98 Å². The third-order valence-corrected chi connectivity index (χ3v) is 3.65. The van der Waals surface area contributed by atoms with Crippen LogP contribution in [0.5, 0.6) is 0 Å². The van der Waals surface area contributed by atoms with Gasteiger partial charge in [-0.05, 0) is 40.8 Å². The summed E-state index contributed by atoms with van der Waals surface area (Å²) in [5, 5.41) is 4.19. The summed E-state index contributed by atoms with van der Waals surface area (Å²) in [6.07, 6.45) is 1.79. The molecule has 0 bridgehead atoms. The van der Waals surface area contributed by atoms with Crippen LogP contribution in [0.3, 0.4) is 0 Å². The minimum absolute atomic E-state index is 0.642. The zero-order chi connectivity index (χ0) is 13.1. The van der Waals surface area contributed by atoms with E-state index in [1.807, 2.05) is 48.5 Å². The number of aromatic amines is 1. The average Bonchev–Trinajstić information content (AvgIpc) is 2.83. The number of nitrogens with one attached hydrogen (secondary N) is 2. The van der Waals surface area contributed by atoms with Gasteiger partial charge in [-0.3, -0.25) is 0 Å². The summed E-state index contributed by atoms with van der Waals surface area (Å²) in [5.41, 5.74) is 5.91. The van der Waals surface area contributed by atoms with Crippen LogP contribution in [0.1, 0.15) is 5.56 Å². The van der Waals surface area contributed by atoms with E-state index in [0.717, 1.165) is 20.2 Å². The molecule has 1 heterocycles. The molecule has 1 aromatic heterocycles. The Morgan fingerprint density at radius 1 is 1.11 bits per heavy atom. The number of rotatable bonds is 3. The van der Waals surface area contributed by atoms with Gasteiger partial charge in [-0.1, -0.05) is 30.3 Å². The number of imidazole rings is 1. The first-order chi connectivity index (χ1) is 9.33. The van der Waals surface area contributed by atoms with E-state index in [9.17, 15) is 0 Å². The number of anilines is 1. The summed E-state index contributed by atoms with van der Waals surface area (Å²) in [7, 11) is 0. The quantitative estimate of drug-likeness (QED) is 0.425. The van der Waals surface area contributed by atoms with Gasteiger partial charge in [0.25, 0.3) is 0 Å². The summed E-state index contributed by atoms with van der Waals surface area (Å²) in [6.45, 7) is 0. The molecule has 4 nitrogen and oxygen atoms in total. The predicted octanol–water partition coefficient (Wildman–Crippen LogP) is 3.61. The monoisotopic (exact) mass is 362 g/mol. The molecular weight excluding hydrogens is 351 g/mol. The second-order valence-electron chi connectivity index (χ2n) is 3.99. The molecular formula is C14H11IN4. The maximum Gasteiger partial charge on any atom is 0.222 e. The summed E-state index contributed by atoms with van der Waals surface area (Å²) >= 11 is 2.28. The van der Waals surface area contributed by atoms with Crippen molar-refractivity contribution < 1.29 is 0 Å². The summed E-state index contributed by atoms with van der Waals surface area (Å²) in [4.78, 5) is 7.54. The number of para-hydroxylation sites is 2. The maximum absolute atomic E-state index is 4.38. The number of nitrogens with zero attached hydrogens (tertiary/aromatic N) is 2. The van der Waals surface area contributed by atoms with E-state index in [-0.39, 0.29) is 0 Å². The van der Waals surface area contributed by atoms with E-state index >= 15 is 0 Å². The Bertz CT molecular complexity index is 700.